The van der Waals surface area contributed by atoms with Crippen LogP contribution in [0.5, 0.6) is 0 Å². The minimum Gasteiger partial charge on any atom is -0.369 e. The Hall–Kier alpha value is -1.17. The van der Waals surface area contributed by atoms with Crippen LogP contribution in [0.15, 0.2) is 57.9 Å². The third-order valence-corrected chi connectivity index (χ3v) is 8.69. The second kappa shape index (κ2) is 9.32. The van der Waals surface area contributed by atoms with Gasteiger partial charge in [0.2, 0.25) is 20.0 Å². The predicted octanol–water partition coefficient (Wildman–Crippen LogP) is 2.53. The van der Waals surface area contributed by atoms with E-state index in [1.165, 1.54) is 16.4 Å². The van der Waals surface area contributed by atoms with Gasteiger partial charge in [-0.25, -0.2) is 21.6 Å². The molecule has 1 fully saturated rings. The smallest absolute Gasteiger partial charge is 0.240 e. The number of hydrogen-bond acceptors (Lipinski definition) is 5. The number of rotatable bonds is 7. The van der Waals surface area contributed by atoms with E-state index in [-0.39, 0.29) is 17.2 Å². The van der Waals surface area contributed by atoms with E-state index < -0.39 is 20.0 Å². The van der Waals surface area contributed by atoms with Crippen LogP contribution in [0, 0.1) is 0 Å². The lowest BCUT2D eigenvalue weighted by Gasteiger charge is -2.35. The molecule has 0 unspecified atom stereocenters. The van der Waals surface area contributed by atoms with Crippen LogP contribution in [-0.2, 0) is 20.0 Å². The molecule has 0 atom stereocenters. The normalized spacial score (nSPS) is 16.1. The van der Waals surface area contributed by atoms with Gasteiger partial charge >= 0.3 is 0 Å². The summed E-state index contributed by atoms with van der Waals surface area (Å²) in [5.74, 6) is -0.292. The van der Waals surface area contributed by atoms with Gasteiger partial charge in [-0.1, -0.05) is 33.6 Å². The fourth-order valence-electron chi connectivity index (χ4n) is 3.03. The highest BCUT2D eigenvalue weighted by Gasteiger charge is 2.27. The zero-order chi connectivity index (χ0) is 21.1. The Labute approximate surface area is 184 Å². The highest BCUT2D eigenvalue weighted by atomic mass is 79.9. The summed E-state index contributed by atoms with van der Waals surface area (Å²) in [4.78, 5) is 2.17. The highest BCUT2D eigenvalue weighted by Crippen LogP contribution is 2.21. The van der Waals surface area contributed by atoms with Gasteiger partial charge in [0.05, 0.1) is 10.6 Å². The number of piperazine rings is 1. The van der Waals surface area contributed by atoms with Crippen LogP contribution >= 0.6 is 27.5 Å². The first kappa shape index (κ1) is 22.5. The fourth-order valence-corrected chi connectivity index (χ4v) is 5.98. The number of halogens is 2. The molecule has 1 aliphatic rings. The Bertz CT molecular complexity index is 1050. The highest BCUT2D eigenvalue weighted by molar-refractivity contribution is 9.10. The van der Waals surface area contributed by atoms with Crippen molar-refractivity contribution in [3.05, 3.63) is 58.0 Å². The molecule has 2 aromatic rings. The second-order valence-electron chi connectivity index (χ2n) is 6.53. The summed E-state index contributed by atoms with van der Waals surface area (Å²) in [5.41, 5.74) is 0.955. The van der Waals surface area contributed by atoms with E-state index in [1.807, 2.05) is 18.2 Å². The zero-order valence-corrected chi connectivity index (χ0v) is 19.4. The molecule has 1 aliphatic heterocycles. The molecule has 0 aromatic heterocycles. The van der Waals surface area contributed by atoms with E-state index in [0.717, 1.165) is 10.2 Å². The lowest BCUT2D eigenvalue weighted by atomic mass is 10.2. The summed E-state index contributed by atoms with van der Waals surface area (Å²) in [5, 5.41) is 0.635. The molecule has 1 saturated heterocycles. The molecular weight excluding hydrogens is 502 g/mol. The lowest BCUT2D eigenvalue weighted by Crippen LogP contribution is -2.50. The number of anilines is 1. The molecule has 29 heavy (non-hydrogen) atoms. The summed E-state index contributed by atoms with van der Waals surface area (Å²) < 4.78 is 54.3. The Morgan fingerprint density at radius 2 is 1.62 bits per heavy atom. The van der Waals surface area contributed by atoms with Crippen molar-refractivity contribution >= 4 is 53.3 Å². The van der Waals surface area contributed by atoms with Crippen molar-refractivity contribution in [1.29, 1.82) is 0 Å². The molecule has 1 N–H and O–H groups in total. The molecule has 0 aliphatic carbocycles. The first-order valence-corrected chi connectivity index (χ1v) is 13.2. The van der Waals surface area contributed by atoms with Crippen LogP contribution in [0.1, 0.15) is 0 Å². The molecule has 158 valence electrons. The Morgan fingerprint density at radius 3 is 2.24 bits per heavy atom. The van der Waals surface area contributed by atoms with Gasteiger partial charge in [-0.3, -0.25) is 0 Å². The molecule has 7 nitrogen and oxygen atoms in total. The van der Waals surface area contributed by atoms with Crippen LogP contribution in [0.4, 0.5) is 5.69 Å². The van der Waals surface area contributed by atoms with Crippen molar-refractivity contribution in [2.45, 2.75) is 4.90 Å². The molecule has 0 radical (unpaired) electrons. The maximum absolute atomic E-state index is 12.6. The molecule has 0 bridgehead atoms. The van der Waals surface area contributed by atoms with Gasteiger partial charge in [-0.15, -0.1) is 0 Å². The van der Waals surface area contributed by atoms with Gasteiger partial charge in [0.25, 0.3) is 0 Å². The van der Waals surface area contributed by atoms with Crippen LogP contribution in [0.2, 0.25) is 5.02 Å². The van der Waals surface area contributed by atoms with Gasteiger partial charge in [0.1, 0.15) is 0 Å². The average molecular weight is 523 g/mol. The molecule has 2 aromatic carbocycles. The number of sulfonamides is 2. The van der Waals surface area contributed by atoms with Gasteiger partial charge in [-0.2, -0.15) is 4.31 Å². The summed E-state index contributed by atoms with van der Waals surface area (Å²) in [6.07, 6.45) is 0. The minimum atomic E-state index is -3.75. The van der Waals surface area contributed by atoms with Crippen molar-refractivity contribution < 1.29 is 16.8 Å². The topological polar surface area (TPSA) is 86.8 Å². The van der Waals surface area contributed by atoms with Crippen molar-refractivity contribution in [3.63, 3.8) is 0 Å². The monoisotopic (exact) mass is 521 g/mol. The molecule has 0 amide bonds. The standard InChI is InChI=1S/C18H21BrClN3O4S2/c19-15-4-6-18(7-5-15)29(26,27)21-8-13-28(24,25)23-11-9-22(10-12-23)17-3-1-2-16(20)14-17/h1-7,14,21H,8-13H2. The lowest BCUT2D eigenvalue weighted by molar-refractivity contribution is 0.385. The van der Waals surface area contributed by atoms with E-state index >= 15 is 0 Å². The molecule has 1 heterocycles. The van der Waals surface area contributed by atoms with Crippen molar-refractivity contribution in [1.82, 2.24) is 9.03 Å². The van der Waals surface area contributed by atoms with E-state index in [0.29, 0.717) is 31.2 Å². The third kappa shape index (κ3) is 5.93. The van der Waals surface area contributed by atoms with Gasteiger partial charge in [0, 0.05) is 47.9 Å². The molecule has 0 spiro atoms. The Balaban J connectivity index is 1.53. The first-order chi connectivity index (χ1) is 13.7. The molecular formula is C18H21BrClN3O4S2. The van der Waals surface area contributed by atoms with Crippen LogP contribution in [-0.4, -0.2) is 59.6 Å². The Morgan fingerprint density at radius 1 is 0.966 bits per heavy atom. The predicted molar refractivity (Wildman–Crippen MR) is 118 cm³/mol. The van der Waals surface area contributed by atoms with E-state index in [9.17, 15) is 16.8 Å². The molecule has 3 rings (SSSR count). The SMILES string of the molecule is O=S(=O)(NCCS(=O)(=O)N1CCN(c2cccc(Cl)c2)CC1)c1ccc(Br)cc1. The van der Waals surface area contributed by atoms with Crippen LogP contribution in [0.3, 0.4) is 0 Å². The van der Waals surface area contributed by atoms with E-state index in [2.05, 4.69) is 25.6 Å². The average Bonchev–Trinajstić information content (AvgIpc) is 2.68. The van der Waals surface area contributed by atoms with Crippen molar-refractivity contribution in [2.75, 3.05) is 43.4 Å². The number of hydrogen-bond donors (Lipinski definition) is 1. The second-order valence-corrected chi connectivity index (χ2v) is 11.7. The molecule has 0 saturated carbocycles. The largest absolute Gasteiger partial charge is 0.369 e. The summed E-state index contributed by atoms with van der Waals surface area (Å²) in [7, 11) is -7.32. The maximum atomic E-state index is 12.6. The van der Waals surface area contributed by atoms with Crippen LogP contribution < -0.4 is 9.62 Å². The summed E-state index contributed by atoms with van der Waals surface area (Å²) in [6.45, 7) is 1.59. The van der Waals surface area contributed by atoms with Gasteiger partial charge in [0.15, 0.2) is 0 Å². The first-order valence-electron chi connectivity index (χ1n) is 8.91. The van der Waals surface area contributed by atoms with E-state index in [1.54, 1.807) is 18.2 Å². The zero-order valence-electron chi connectivity index (χ0n) is 15.5. The van der Waals surface area contributed by atoms with Crippen molar-refractivity contribution in [2.24, 2.45) is 0 Å². The summed E-state index contributed by atoms with van der Waals surface area (Å²) in [6, 6.07) is 13.6. The Kier molecular flexibility index (Phi) is 7.23. The number of nitrogens with zero attached hydrogens (tertiary/aromatic N) is 2. The van der Waals surface area contributed by atoms with Gasteiger partial charge in [-0.05, 0) is 42.5 Å². The fraction of sp³-hybridized carbons (Fsp3) is 0.333. The van der Waals surface area contributed by atoms with Gasteiger partial charge < -0.3 is 4.90 Å². The molecule has 11 heteroatoms. The van der Waals surface area contributed by atoms with Crippen molar-refractivity contribution in [3.8, 4) is 0 Å². The number of nitrogens with one attached hydrogen (secondary N) is 1. The third-order valence-electron chi connectivity index (χ3n) is 4.58. The number of benzene rings is 2. The minimum absolute atomic E-state index is 0.0910. The quantitative estimate of drug-likeness (QED) is 0.604. The van der Waals surface area contributed by atoms with Crippen LogP contribution in [0.25, 0.3) is 0 Å². The summed E-state index contributed by atoms with van der Waals surface area (Å²) >= 11 is 9.27. The van der Waals surface area contributed by atoms with E-state index in [4.69, 9.17) is 11.6 Å². The maximum Gasteiger partial charge on any atom is 0.240 e.